The third-order valence-electron chi connectivity index (χ3n) is 5.11. The van der Waals surface area contributed by atoms with Crippen molar-refractivity contribution in [3.05, 3.63) is 6.20 Å². The molecule has 0 spiro atoms. The molecule has 0 atom stereocenters. The Morgan fingerprint density at radius 1 is 1.27 bits per heavy atom. The highest BCUT2D eigenvalue weighted by molar-refractivity contribution is 7.99. The van der Waals surface area contributed by atoms with Crippen LogP contribution in [0, 0.1) is 0 Å². The molecule has 1 fully saturated rings. The summed E-state index contributed by atoms with van der Waals surface area (Å²) in [5.41, 5.74) is 0.792. The van der Waals surface area contributed by atoms with Gasteiger partial charge in [-0.25, -0.2) is 0 Å². The number of aromatic nitrogens is 5. The number of carbonyl (C=O) groups excluding carboxylic acids is 1. The molecule has 1 aliphatic carbocycles. The topological polar surface area (TPSA) is 96.1 Å². The zero-order valence-corrected chi connectivity index (χ0v) is 18.9. The van der Waals surface area contributed by atoms with E-state index in [1.165, 1.54) is 31.0 Å². The van der Waals surface area contributed by atoms with E-state index in [0.29, 0.717) is 48.4 Å². The van der Waals surface area contributed by atoms with E-state index in [4.69, 9.17) is 9.47 Å². The van der Waals surface area contributed by atoms with Crippen LogP contribution in [0.25, 0.3) is 11.4 Å². The van der Waals surface area contributed by atoms with E-state index in [2.05, 4.69) is 20.6 Å². The minimum atomic E-state index is 0.0450. The molecule has 0 aromatic carbocycles. The van der Waals surface area contributed by atoms with Crippen LogP contribution in [0.4, 0.5) is 0 Å². The van der Waals surface area contributed by atoms with E-state index in [-0.39, 0.29) is 5.91 Å². The van der Waals surface area contributed by atoms with Crippen LogP contribution in [0.5, 0.6) is 5.88 Å². The zero-order valence-electron chi connectivity index (χ0n) is 18.1. The highest BCUT2D eigenvalue weighted by Crippen LogP contribution is 2.30. The molecule has 2 aromatic heterocycles. The van der Waals surface area contributed by atoms with Crippen molar-refractivity contribution < 1.29 is 14.3 Å². The minimum Gasteiger partial charge on any atom is -0.476 e. The second kappa shape index (κ2) is 11.4. The van der Waals surface area contributed by atoms with Gasteiger partial charge in [0.25, 0.3) is 0 Å². The molecular weight excluding hydrogens is 404 g/mol. The summed E-state index contributed by atoms with van der Waals surface area (Å²) in [7, 11) is 1.66. The molecule has 10 heteroatoms. The highest BCUT2D eigenvalue weighted by Gasteiger charge is 2.22. The Balaban J connectivity index is 1.75. The quantitative estimate of drug-likeness (QED) is 0.541. The van der Waals surface area contributed by atoms with Gasteiger partial charge in [0, 0.05) is 25.9 Å². The number of nitrogens with zero attached hydrogens (tertiary/aromatic N) is 5. The van der Waals surface area contributed by atoms with Gasteiger partial charge in [-0.1, -0.05) is 31.0 Å². The van der Waals surface area contributed by atoms with E-state index in [1.807, 2.05) is 29.3 Å². The maximum Gasteiger partial charge on any atom is 0.243 e. The molecule has 30 heavy (non-hydrogen) atoms. The Labute approximate surface area is 181 Å². The van der Waals surface area contributed by atoms with Gasteiger partial charge in [-0.2, -0.15) is 0 Å². The first-order valence-corrected chi connectivity index (χ1v) is 11.7. The van der Waals surface area contributed by atoms with Crippen LogP contribution in [-0.4, -0.2) is 62.6 Å². The molecule has 1 amide bonds. The third-order valence-corrected chi connectivity index (χ3v) is 6.08. The number of carbonyl (C=O) groups is 1. The fourth-order valence-corrected chi connectivity index (χ4v) is 4.36. The number of hydrogen-bond acceptors (Lipinski definition) is 7. The van der Waals surface area contributed by atoms with E-state index < -0.39 is 0 Å². The maximum absolute atomic E-state index is 12.4. The molecule has 0 bridgehead atoms. The average Bonchev–Trinajstić information content (AvgIpc) is 3.35. The maximum atomic E-state index is 12.4. The van der Waals surface area contributed by atoms with Gasteiger partial charge in [-0.15, -0.1) is 15.3 Å². The molecule has 166 valence electrons. The lowest BCUT2D eigenvalue weighted by Gasteiger charge is -2.22. The van der Waals surface area contributed by atoms with Crippen molar-refractivity contribution in [1.29, 1.82) is 0 Å². The van der Waals surface area contributed by atoms with Crippen molar-refractivity contribution >= 4 is 17.7 Å². The van der Waals surface area contributed by atoms with Gasteiger partial charge >= 0.3 is 0 Å². The number of aryl methyl sites for hydroxylation is 1. The molecule has 0 unspecified atom stereocenters. The van der Waals surface area contributed by atoms with E-state index in [0.717, 1.165) is 24.9 Å². The molecule has 2 heterocycles. The van der Waals surface area contributed by atoms with Gasteiger partial charge in [-0.05, 0) is 26.7 Å². The first kappa shape index (κ1) is 22.6. The van der Waals surface area contributed by atoms with Gasteiger partial charge < -0.3 is 14.8 Å². The number of amides is 1. The lowest BCUT2D eigenvalue weighted by atomic mass is 9.95. The molecule has 1 N–H and O–H groups in total. The van der Waals surface area contributed by atoms with Gasteiger partial charge in [-0.3, -0.25) is 14.0 Å². The van der Waals surface area contributed by atoms with E-state index in [9.17, 15) is 4.79 Å². The molecule has 1 saturated carbocycles. The summed E-state index contributed by atoms with van der Waals surface area (Å²) in [4.78, 5) is 12.4. The predicted molar refractivity (Wildman–Crippen MR) is 116 cm³/mol. The van der Waals surface area contributed by atoms with Crippen LogP contribution in [-0.2, 0) is 22.6 Å². The number of methoxy groups -OCH3 is 1. The molecule has 2 aromatic rings. The summed E-state index contributed by atoms with van der Waals surface area (Å²) < 4.78 is 14.8. The van der Waals surface area contributed by atoms with Crippen molar-refractivity contribution in [1.82, 2.24) is 29.9 Å². The van der Waals surface area contributed by atoms with Crippen LogP contribution in [0.3, 0.4) is 0 Å². The Kier molecular flexibility index (Phi) is 8.56. The van der Waals surface area contributed by atoms with Gasteiger partial charge in [0.1, 0.15) is 5.56 Å². The number of ether oxygens (including phenoxy) is 2. The number of hydrogen-bond donors (Lipinski definition) is 1. The lowest BCUT2D eigenvalue weighted by Crippen LogP contribution is -2.37. The second-order valence-electron chi connectivity index (χ2n) is 7.28. The predicted octanol–water partition coefficient (Wildman–Crippen LogP) is 2.75. The smallest absolute Gasteiger partial charge is 0.243 e. The van der Waals surface area contributed by atoms with E-state index >= 15 is 0 Å². The minimum absolute atomic E-state index is 0.0450. The third kappa shape index (κ3) is 5.75. The first-order valence-electron chi connectivity index (χ1n) is 10.7. The summed E-state index contributed by atoms with van der Waals surface area (Å²) in [5, 5.41) is 17.1. The van der Waals surface area contributed by atoms with Crippen LogP contribution < -0.4 is 10.1 Å². The number of nitrogens with one attached hydrogen (secondary N) is 1. The Morgan fingerprint density at radius 3 is 2.77 bits per heavy atom. The summed E-state index contributed by atoms with van der Waals surface area (Å²) in [6.07, 6.45) is 7.73. The molecule has 0 radical (unpaired) electrons. The normalized spacial score (nSPS) is 14.8. The molecule has 0 aliphatic heterocycles. The number of rotatable bonds is 11. The molecule has 3 rings (SSSR count). The Bertz CT molecular complexity index is 816. The van der Waals surface area contributed by atoms with Gasteiger partial charge in [0.05, 0.1) is 25.5 Å². The van der Waals surface area contributed by atoms with Crippen LogP contribution in [0.1, 0.15) is 46.0 Å². The Hall–Kier alpha value is -2.07. The van der Waals surface area contributed by atoms with Crippen LogP contribution >= 0.6 is 11.8 Å². The first-order chi connectivity index (χ1) is 14.7. The summed E-state index contributed by atoms with van der Waals surface area (Å²) >= 11 is 1.40. The van der Waals surface area contributed by atoms with Crippen molar-refractivity contribution in [2.24, 2.45) is 0 Å². The van der Waals surface area contributed by atoms with Crippen molar-refractivity contribution in [3.63, 3.8) is 0 Å². The van der Waals surface area contributed by atoms with Gasteiger partial charge in [0.2, 0.25) is 11.8 Å². The van der Waals surface area contributed by atoms with Crippen LogP contribution in [0.15, 0.2) is 11.4 Å². The summed E-state index contributed by atoms with van der Waals surface area (Å²) in [5.74, 6) is 1.57. The molecular formula is C20H32N6O3S. The second-order valence-corrected chi connectivity index (χ2v) is 8.22. The summed E-state index contributed by atoms with van der Waals surface area (Å²) in [6.45, 7) is 6.29. The van der Waals surface area contributed by atoms with Crippen molar-refractivity contribution in [2.75, 3.05) is 26.1 Å². The lowest BCUT2D eigenvalue weighted by molar-refractivity contribution is -0.119. The van der Waals surface area contributed by atoms with Gasteiger partial charge in [0.15, 0.2) is 11.0 Å². The fraction of sp³-hybridized carbons (Fsp3) is 0.700. The highest BCUT2D eigenvalue weighted by atomic mass is 32.2. The Morgan fingerprint density at radius 2 is 2.07 bits per heavy atom. The average molecular weight is 437 g/mol. The molecule has 9 nitrogen and oxygen atoms in total. The zero-order chi connectivity index (χ0) is 21.3. The fourth-order valence-electron chi connectivity index (χ4n) is 3.59. The monoisotopic (exact) mass is 436 g/mol. The SMILES string of the molecule is CCOc1nn(CC)cc1-c1nnc(SCC(=O)NC2CCCCC2)n1CCOC. The van der Waals surface area contributed by atoms with E-state index in [1.54, 1.807) is 7.11 Å². The van der Waals surface area contributed by atoms with Crippen LogP contribution in [0.2, 0.25) is 0 Å². The van der Waals surface area contributed by atoms with Crippen molar-refractivity contribution in [2.45, 2.75) is 70.2 Å². The molecule has 0 saturated heterocycles. The number of thioether (sulfide) groups is 1. The summed E-state index contributed by atoms with van der Waals surface area (Å²) in [6, 6.07) is 0.308. The van der Waals surface area contributed by atoms with Crippen molar-refractivity contribution in [3.8, 4) is 17.3 Å². The molecule has 1 aliphatic rings. The largest absolute Gasteiger partial charge is 0.476 e. The standard InChI is InChI=1S/C20H32N6O3S/c1-4-25-13-16(19(24-25)29-5-2)18-22-23-20(26(18)11-12-28-3)30-14-17(27)21-15-9-7-6-8-10-15/h13,15H,4-12,14H2,1-3H3,(H,21,27).